The summed E-state index contributed by atoms with van der Waals surface area (Å²) in [7, 11) is 1.77. The lowest BCUT2D eigenvalue weighted by Crippen LogP contribution is -2.42. The molecule has 8 nitrogen and oxygen atoms in total. The summed E-state index contributed by atoms with van der Waals surface area (Å²) in [4.78, 5) is 37.9. The molecule has 0 spiro atoms. The van der Waals surface area contributed by atoms with Gasteiger partial charge in [-0.3, -0.25) is 9.59 Å². The van der Waals surface area contributed by atoms with Crippen molar-refractivity contribution in [3.05, 3.63) is 0 Å². The molecular weight excluding hydrogens is 312 g/mol. The highest BCUT2D eigenvalue weighted by molar-refractivity contribution is 5.85. The number of urea groups is 1. The van der Waals surface area contributed by atoms with Crippen molar-refractivity contribution >= 4 is 18.4 Å². The molecule has 3 amide bonds. The first-order valence-corrected chi connectivity index (χ1v) is 8.57. The van der Waals surface area contributed by atoms with Crippen LogP contribution in [0.25, 0.3) is 0 Å². The fourth-order valence-electron chi connectivity index (χ4n) is 3.35. The minimum atomic E-state index is -0.250. The van der Waals surface area contributed by atoms with Crippen LogP contribution in [0, 0.1) is 5.41 Å². The van der Waals surface area contributed by atoms with Crippen LogP contribution in [-0.2, 0) is 9.59 Å². The van der Waals surface area contributed by atoms with Gasteiger partial charge in [-0.15, -0.1) is 0 Å². The Morgan fingerprint density at radius 1 is 1.25 bits per heavy atom. The normalized spacial score (nSPS) is 22.1. The molecule has 8 heteroatoms. The maximum Gasteiger partial charge on any atom is 0.320 e. The van der Waals surface area contributed by atoms with Crippen LogP contribution in [0.4, 0.5) is 4.79 Å². The minimum absolute atomic E-state index is 0.0219. The summed E-state index contributed by atoms with van der Waals surface area (Å²) in [5, 5.41) is 9.93. The van der Waals surface area contributed by atoms with Crippen molar-refractivity contribution < 1.29 is 19.5 Å². The molecule has 0 atom stereocenters. The lowest BCUT2D eigenvalue weighted by atomic mass is 10.1. The molecule has 1 saturated carbocycles. The fraction of sp³-hybridized carbons (Fsp3) is 0.812. The van der Waals surface area contributed by atoms with E-state index in [2.05, 4.69) is 10.2 Å². The molecule has 2 heterocycles. The quantitative estimate of drug-likeness (QED) is 0.666. The number of rotatable bonds is 6. The highest BCUT2D eigenvalue weighted by Crippen LogP contribution is 2.46. The molecule has 1 aliphatic carbocycles. The SMILES string of the molecule is CN1CCN(CC(=O)NCC2(CN3CCCC3)CC2)C1=O.O=CO. The van der Waals surface area contributed by atoms with Crippen LogP contribution in [0.15, 0.2) is 0 Å². The number of nitrogens with zero attached hydrogens (tertiary/aromatic N) is 3. The van der Waals surface area contributed by atoms with Crippen LogP contribution >= 0.6 is 0 Å². The lowest BCUT2D eigenvalue weighted by Gasteiger charge is -2.23. The molecule has 0 unspecified atom stereocenters. The van der Waals surface area contributed by atoms with Crippen LogP contribution in [0.1, 0.15) is 25.7 Å². The first-order valence-electron chi connectivity index (χ1n) is 8.57. The van der Waals surface area contributed by atoms with Crippen molar-refractivity contribution in [2.75, 3.05) is 52.9 Å². The predicted molar refractivity (Wildman–Crippen MR) is 88.6 cm³/mol. The monoisotopic (exact) mass is 340 g/mol. The van der Waals surface area contributed by atoms with Crippen molar-refractivity contribution in [2.24, 2.45) is 5.41 Å². The van der Waals surface area contributed by atoms with Gasteiger partial charge >= 0.3 is 6.03 Å². The van der Waals surface area contributed by atoms with Gasteiger partial charge in [-0.05, 0) is 38.8 Å². The van der Waals surface area contributed by atoms with E-state index in [1.54, 1.807) is 16.8 Å². The smallest absolute Gasteiger partial charge is 0.320 e. The largest absolute Gasteiger partial charge is 0.483 e. The number of hydrogen-bond donors (Lipinski definition) is 2. The van der Waals surface area contributed by atoms with Crippen LogP contribution in [0.2, 0.25) is 0 Å². The van der Waals surface area contributed by atoms with E-state index in [1.165, 1.54) is 38.8 Å². The third kappa shape index (κ3) is 5.09. The van der Waals surface area contributed by atoms with Gasteiger partial charge in [-0.25, -0.2) is 4.79 Å². The Hall–Kier alpha value is -1.83. The first-order chi connectivity index (χ1) is 11.5. The van der Waals surface area contributed by atoms with E-state index < -0.39 is 0 Å². The molecule has 3 rings (SSSR count). The van der Waals surface area contributed by atoms with Crippen LogP contribution in [0.5, 0.6) is 0 Å². The number of likely N-dealkylation sites (tertiary alicyclic amines) is 1. The van der Waals surface area contributed by atoms with Crippen LogP contribution < -0.4 is 5.32 Å². The second kappa shape index (κ2) is 8.32. The van der Waals surface area contributed by atoms with Gasteiger partial charge in [0.2, 0.25) is 5.91 Å². The fourth-order valence-corrected chi connectivity index (χ4v) is 3.35. The van der Waals surface area contributed by atoms with Crippen LogP contribution in [-0.4, -0.2) is 91.1 Å². The van der Waals surface area contributed by atoms with E-state index in [0.29, 0.717) is 18.5 Å². The molecule has 0 radical (unpaired) electrons. The molecule has 0 aromatic heterocycles. The Morgan fingerprint density at radius 3 is 2.38 bits per heavy atom. The van der Waals surface area contributed by atoms with E-state index >= 15 is 0 Å². The maximum absolute atomic E-state index is 12.0. The van der Waals surface area contributed by atoms with Crippen LogP contribution in [0.3, 0.4) is 0 Å². The molecule has 0 aromatic rings. The summed E-state index contributed by atoms with van der Waals surface area (Å²) in [6.45, 7) is 5.63. The topological polar surface area (TPSA) is 93.2 Å². The summed E-state index contributed by atoms with van der Waals surface area (Å²) < 4.78 is 0. The molecule has 3 aliphatic rings. The van der Waals surface area contributed by atoms with Crippen molar-refractivity contribution in [1.29, 1.82) is 0 Å². The zero-order valence-electron chi connectivity index (χ0n) is 14.4. The Kier molecular flexibility index (Phi) is 6.42. The number of nitrogens with one attached hydrogen (secondary N) is 1. The van der Waals surface area contributed by atoms with Gasteiger partial charge in [-0.2, -0.15) is 0 Å². The van der Waals surface area contributed by atoms with E-state index in [9.17, 15) is 9.59 Å². The first kappa shape index (κ1) is 18.5. The summed E-state index contributed by atoms with van der Waals surface area (Å²) in [6, 6.07) is -0.0386. The maximum atomic E-state index is 12.0. The Labute approximate surface area is 142 Å². The van der Waals surface area contributed by atoms with E-state index in [4.69, 9.17) is 9.90 Å². The van der Waals surface area contributed by atoms with Crippen molar-refractivity contribution in [1.82, 2.24) is 20.0 Å². The summed E-state index contributed by atoms with van der Waals surface area (Å²) in [6.07, 6.45) is 5.06. The van der Waals surface area contributed by atoms with Crippen molar-refractivity contribution in [3.8, 4) is 0 Å². The standard InChI is InChI=1S/C15H26N4O2.CH2O2/c1-17-8-9-19(14(17)21)10-13(20)16-11-15(4-5-15)12-18-6-2-3-7-18;2-1-3/h2-12H2,1H3,(H,16,20);1H,(H,2,3). The van der Waals surface area contributed by atoms with Gasteiger partial charge in [0, 0.05) is 38.6 Å². The lowest BCUT2D eigenvalue weighted by molar-refractivity contribution is -0.123. The summed E-state index contributed by atoms with van der Waals surface area (Å²) in [5.74, 6) is -0.0219. The molecule has 2 aliphatic heterocycles. The Balaban J connectivity index is 0.000000647. The molecule has 2 saturated heterocycles. The second-order valence-corrected chi connectivity index (χ2v) is 6.99. The number of carbonyl (C=O) groups is 3. The Morgan fingerprint density at radius 2 is 1.88 bits per heavy atom. The van der Waals surface area contributed by atoms with E-state index in [0.717, 1.165) is 13.1 Å². The third-order valence-electron chi connectivity index (χ3n) is 5.01. The molecule has 0 aromatic carbocycles. The van der Waals surface area contributed by atoms with Crippen molar-refractivity contribution in [2.45, 2.75) is 25.7 Å². The van der Waals surface area contributed by atoms with Gasteiger partial charge in [0.25, 0.3) is 6.47 Å². The number of likely N-dealkylation sites (N-methyl/N-ethyl adjacent to an activating group) is 1. The zero-order valence-corrected chi connectivity index (χ0v) is 14.4. The molecule has 2 N–H and O–H groups in total. The molecule has 0 bridgehead atoms. The average Bonchev–Trinajstić information content (AvgIpc) is 2.98. The molecule has 24 heavy (non-hydrogen) atoms. The zero-order chi connectivity index (χ0) is 17.6. The summed E-state index contributed by atoms with van der Waals surface area (Å²) >= 11 is 0. The Bertz CT molecular complexity index is 461. The van der Waals surface area contributed by atoms with E-state index in [-0.39, 0.29) is 25.0 Å². The molecular formula is C16H28N4O4. The molecule has 136 valence electrons. The number of carbonyl (C=O) groups excluding carboxylic acids is 2. The number of hydrogen-bond acceptors (Lipinski definition) is 4. The van der Waals surface area contributed by atoms with Gasteiger partial charge in [0.15, 0.2) is 0 Å². The minimum Gasteiger partial charge on any atom is -0.483 e. The summed E-state index contributed by atoms with van der Waals surface area (Å²) in [5.41, 5.74) is 0.311. The number of carboxylic acid groups (broad SMARTS) is 1. The van der Waals surface area contributed by atoms with Crippen molar-refractivity contribution in [3.63, 3.8) is 0 Å². The van der Waals surface area contributed by atoms with Gasteiger partial charge in [0.1, 0.15) is 6.54 Å². The van der Waals surface area contributed by atoms with E-state index in [1.807, 2.05) is 0 Å². The second-order valence-electron chi connectivity index (χ2n) is 6.99. The highest BCUT2D eigenvalue weighted by atomic mass is 16.3. The van der Waals surface area contributed by atoms with Gasteiger partial charge in [-0.1, -0.05) is 0 Å². The average molecular weight is 340 g/mol. The molecule has 3 fully saturated rings. The van der Waals surface area contributed by atoms with Gasteiger partial charge in [0.05, 0.1) is 0 Å². The predicted octanol–water partition coefficient (Wildman–Crippen LogP) is 0.0468. The highest BCUT2D eigenvalue weighted by Gasteiger charge is 2.44. The van der Waals surface area contributed by atoms with Gasteiger partial charge < -0.3 is 25.1 Å². The third-order valence-corrected chi connectivity index (χ3v) is 5.01. The number of amides is 3.